The molecule has 0 fully saturated rings. The average Bonchev–Trinajstić information content (AvgIpc) is 2.61. The fourth-order valence-corrected chi connectivity index (χ4v) is 1.78. The van der Waals surface area contributed by atoms with Crippen LogP contribution in [0.5, 0.6) is 0 Å². The van der Waals surface area contributed by atoms with E-state index in [1.165, 1.54) is 5.56 Å². The third-order valence-corrected chi connectivity index (χ3v) is 2.69. The van der Waals surface area contributed by atoms with E-state index >= 15 is 0 Å². The summed E-state index contributed by atoms with van der Waals surface area (Å²) in [5, 5.41) is 5.06. The van der Waals surface area contributed by atoms with Gasteiger partial charge in [-0.1, -0.05) is 18.7 Å². The Morgan fingerprint density at radius 2 is 2.21 bits per heavy atom. The van der Waals surface area contributed by atoms with Gasteiger partial charge in [0.1, 0.15) is 5.82 Å². The minimum atomic E-state index is 0.810. The van der Waals surface area contributed by atoms with E-state index in [0.717, 1.165) is 23.0 Å². The van der Waals surface area contributed by atoms with Crippen LogP contribution in [-0.4, -0.2) is 25.8 Å². The molecule has 0 unspecified atom stereocenters. The lowest BCUT2D eigenvalue weighted by Crippen LogP contribution is -2.01. The number of hydrogen-bond acceptors (Lipinski definition) is 4. The minimum Gasteiger partial charge on any atom is -0.208 e. The maximum absolute atomic E-state index is 4.44. The Morgan fingerprint density at radius 3 is 2.86 bits per heavy atom. The van der Waals surface area contributed by atoms with Gasteiger partial charge in [0.25, 0.3) is 0 Å². The third kappa shape index (κ3) is 1.37. The molecule has 0 amide bonds. The van der Waals surface area contributed by atoms with Gasteiger partial charge in [-0.25, -0.2) is 14.5 Å². The summed E-state index contributed by atoms with van der Waals surface area (Å²) in [7, 11) is 0. The first-order valence-electron chi connectivity index (χ1n) is 4.51. The summed E-state index contributed by atoms with van der Waals surface area (Å²) in [6, 6.07) is 0. The van der Waals surface area contributed by atoms with Gasteiger partial charge >= 0.3 is 0 Å². The van der Waals surface area contributed by atoms with Gasteiger partial charge in [-0.2, -0.15) is 5.10 Å². The quantitative estimate of drug-likeness (QED) is 0.705. The van der Waals surface area contributed by atoms with Crippen molar-refractivity contribution in [1.29, 1.82) is 0 Å². The van der Waals surface area contributed by atoms with E-state index in [1.807, 2.05) is 19.4 Å². The van der Waals surface area contributed by atoms with E-state index in [4.69, 9.17) is 0 Å². The van der Waals surface area contributed by atoms with Crippen LogP contribution in [0.25, 0.3) is 5.65 Å². The fourth-order valence-electron chi connectivity index (χ4n) is 1.37. The van der Waals surface area contributed by atoms with E-state index in [9.17, 15) is 0 Å². The van der Waals surface area contributed by atoms with E-state index in [0.29, 0.717) is 0 Å². The highest BCUT2D eigenvalue weighted by molar-refractivity contribution is 7.98. The number of fused-ring (bicyclic) bond motifs is 1. The maximum Gasteiger partial charge on any atom is 0.191 e. The van der Waals surface area contributed by atoms with Crippen LogP contribution in [0.4, 0.5) is 0 Å². The standard InChI is InChI=1S/C9H12N4S/c1-4-7-5-10-13-6(2)11-9(14-3)12-8(7)13/h5H,4H2,1-3H3. The molecule has 4 nitrogen and oxygen atoms in total. The molecule has 2 aromatic rings. The van der Waals surface area contributed by atoms with Gasteiger partial charge in [0.2, 0.25) is 0 Å². The van der Waals surface area contributed by atoms with E-state index < -0.39 is 0 Å². The molecular weight excluding hydrogens is 196 g/mol. The molecule has 5 heteroatoms. The molecule has 2 rings (SSSR count). The molecule has 0 aromatic carbocycles. The SMILES string of the molecule is CCc1cnn2c(C)nc(SC)nc12. The number of nitrogens with zero attached hydrogens (tertiary/aromatic N) is 4. The fraction of sp³-hybridized carbons (Fsp3) is 0.444. The molecule has 74 valence electrons. The first-order chi connectivity index (χ1) is 6.76. The van der Waals surface area contributed by atoms with Crippen molar-refractivity contribution < 1.29 is 0 Å². The molecule has 0 radical (unpaired) electrons. The molecule has 0 spiro atoms. The van der Waals surface area contributed by atoms with Crippen molar-refractivity contribution in [2.45, 2.75) is 25.4 Å². The summed E-state index contributed by atoms with van der Waals surface area (Å²) in [5.74, 6) is 0.888. The lowest BCUT2D eigenvalue weighted by Gasteiger charge is -2.01. The lowest BCUT2D eigenvalue weighted by atomic mass is 10.3. The zero-order chi connectivity index (χ0) is 10.1. The van der Waals surface area contributed by atoms with Crippen LogP contribution >= 0.6 is 11.8 Å². The van der Waals surface area contributed by atoms with Crippen molar-refractivity contribution >= 4 is 17.4 Å². The van der Waals surface area contributed by atoms with Gasteiger partial charge in [-0.15, -0.1) is 0 Å². The summed E-state index contributed by atoms with van der Waals surface area (Å²) >= 11 is 1.56. The van der Waals surface area contributed by atoms with E-state index in [2.05, 4.69) is 22.0 Å². The van der Waals surface area contributed by atoms with Crippen molar-refractivity contribution in [2.24, 2.45) is 0 Å². The Balaban J connectivity index is 2.73. The Bertz CT molecular complexity index is 463. The zero-order valence-electron chi connectivity index (χ0n) is 8.48. The molecule has 0 N–H and O–H groups in total. The lowest BCUT2D eigenvalue weighted by molar-refractivity contribution is 0.785. The van der Waals surface area contributed by atoms with Crippen LogP contribution in [-0.2, 0) is 6.42 Å². The van der Waals surface area contributed by atoms with Gasteiger partial charge in [0.15, 0.2) is 10.8 Å². The summed E-state index contributed by atoms with van der Waals surface area (Å²) in [5.41, 5.74) is 2.11. The topological polar surface area (TPSA) is 43.1 Å². The number of thioether (sulfide) groups is 1. The Labute approximate surface area is 86.8 Å². The summed E-state index contributed by atoms with van der Waals surface area (Å²) in [6.45, 7) is 4.05. The van der Waals surface area contributed by atoms with Gasteiger partial charge in [-0.3, -0.25) is 0 Å². The Morgan fingerprint density at radius 1 is 1.43 bits per heavy atom. The van der Waals surface area contributed by atoms with Crippen LogP contribution in [0.15, 0.2) is 11.4 Å². The number of aryl methyl sites for hydroxylation is 2. The largest absolute Gasteiger partial charge is 0.208 e. The molecular formula is C9H12N4S. The number of aromatic nitrogens is 4. The average molecular weight is 208 g/mol. The molecule has 2 aromatic heterocycles. The molecule has 0 atom stereocenters. The first kappa shape index (κ1) is 9.45. The second-order valence-corrected chi connectivity index (χ2v) is 3.79. The second-order valence-electron chi connectivity index (χ2n) is 3.02. The Kier molecular flexibility index (Phi) is 2.41. The van der Waals surface area contributed by atoms with Gasteiger partial charge in [-0.05, 0) is 19.6 Å². The third-order valence-electron chi connectivity index (χ3n) is 2.15. The highest BCUT2D eigenvalue weighted by atomic mass is 32.2. The van der Waals surface area contributed by atoms with Gasteiger partial charge in [0.05, 0.1) is 6.20 Å². The Hall–Kier alpha value is -1.10. The van der Waals surface area contributed by atoms with Crippen molar-refractivity contribution in [3.63, 3.8) is 0 Å². The first-order valence-corrected chi connectivity index (χ1v) is 5.74. The van der Waals surface area contributed by atoms with Gasteiger partial charge < -0.3 is 0 Å². The summed E-state index contributed by atoms with van der Waals surface area (Å²) in [4.78, 5) is 8.76. The molecule has 14 heavy (non-hydrogen) atoms. The molecule has 0 aliphatic heterocycles. The van der Waals surface area contributed by atoms with E-state index in [-0.39, 0.29) is 0 Å². The minimum absolute atomic E-state index is 0.810. The van der Waals surface area contributed by atoms with Crippen LogP contribution < -0.4 is 0 Å². The molecule has 0 saturated heterocycles. The normalized spacial score (nSPS) is 11.1. The van der Waals surface area contributed by atoms with Crippen molar-refractivity contribution in [2.75, 3.05) is 6.26 Å². The summed E-state index contributed by atoms with van der Waals surface area (Å²) < 4.78 is 1.79. The molecule has 0 bridgehead atoms. The highest BCUT2D eigenvalue weighted by Gasteiger charge is 2.08. The maximum atomic E-state index is 4.44. The second kappa shape index (κ2) is 3.57. The molecule has 2 heterocycles. The van der Waals surface area contributed by atoms with Crippen molar-refractivity contribution in [3.05, 3.63) is 17.6 Å². The van der Waals surface area contributed by atoms with Gasteiger partial charge in [0, 0.05) is 5.56 Å². The van der Waals surface area contributed by atoms with Crippen LogP contribution in [0.1, 0.15) is 18.3 Å². The predicted octanol–water partition coefficient (Wildman–Crippen LogP) is 1.72. The smallest absolute Gasteiger partial charge is 0.191 e. The number of rotatable bonds is 2. The van der Waals surface area contributed by atoms with Crippen molar-refractivity contribution in [1.82, 2.24) is 19.6 Å². The predicted molar refractivity (Wildman–Crippen MR) is 56.7 cm³/mol. The van der Waals surface area contributed by atoms with Crippen molar-refractivity contribution in [3.8, 4) is 0 Å². The summed E-state index contributed by atoms with van der Waals surface area (Å²) in [6.07, 6.45) is 4.79. The van der Waals surface area contributed by atoms with E-state index in [1.54, 1.807) is 16.3 Å². The zero-order valence-corrected chi connectivity index (χ0v) is 9.30. The highest BCUT2D eigenvalue weighted by Crippen LogP contribution is 2.14. The molecule has 0 aliphatic carbocycles. The molecule has 0 saturated carbocycles. The van der Waals surface area contributed by atoms with Crippen LogP contribution in [0.2, 0.25) is 0 Å². The van der Waals surface area contributed by atoms with Crippen LogP contribution in [0.3, 0.4) is 0 Å². The molecule has 0 aliphatic rings. The monoisotopic (exact) mass is 208 g/mol. The van der Waals surface area contributed by atoms with Crippen LogP contribution in [0, 0.1) is 6.92 Å². The number of hydrogen-bond donors (Lipinski definition) is 0.